The minimum atomic E-state index is 0.669. The lowest BCUT2D eigenvalue weighted by Gasteiger charge is -2.43. The van der Waals surface area contributed by atoms with Crippen LogP contribution in [-0.2, 0) is 6.42 Å². The summed E-state index contributed by atoms with van der Waals surface area (Å²) in [7, 11) is 0. The predicted octanol–water partition coefficient (Wildman–Crippen LogP) is 2.39. The molecule has 1 aromatic heterocycles. The van der Waals surface area contributed by atoms with E-state index >= 15 is 0 Å². The van der Waals surface area contributed by atoms with E-state index in [-0.39, 0.29) is 0 Å². The van der Waals surface area contributed by atoms with Crippen LogP contribution in [0.25, 0.3) is 0 Å². The van der Waals surface area contributed by atoms with E-state index in [1.165, 1.54) is 18.0 Å². The number of rotatable bonds is 5. The topological polar surface area (TPSA) is 28.2 Å². The Labute approximate surface area is 115 Å². The van der Waals surface area contributed by atoms with E-state index < -0.39 is 0 Å². The van der Waals surface area contributed by atoms with Gasteiger partial charge in [0.25, 0.3) is 0 Å². The molecule has 0 amide bonds. The Bertz CT molecular complexity index is 339. The summed E-state index contributed by atoms with van der Waals surface area (Å²) >= 11 is 1.77. The summed E-state index contributed by atoms with van der Waals surface area (Å²) in [5.74, 6) is 0.731. The van der Waals surface area contributed by atoms with E-state index in [0.29, 0.717) is 12.1 Å². The fourth-order valence-corrected chi connectivity index (χ4v) is 3.53. The quantitative estimate of drug-likeness (QED) is 0.888. The number of hydrogen-bond acceptors (Lipinski definition) is 4. The minimum Gasteiger partial charge on any atom is -0.314 e. The van der Waals surface area contributed by atoms with Crippen LogP contribution in [0.4, 0.5) is 0 Å². The summed E-state index contributed by atoms with van der Waals surface area (Å²) < 4.78 is 0. The fourth-order valence-electron chi connectivity index (χ4n) is 2.92. The van der Waals surface area contributed by atoms with Crippen LogP contribution in [0.3, 0.4) is 0 Å². The van der Waals surface area contributed by atoms with Crippen LogP contribution < -0.4 is 5.32 Å². The zero-order chi connectivity index (χ0) is 13.0. The minimum absolute atomic E-state index is 0.669. The summed E-state index contributed by atoms with van der Waals surface area (Å²) in [6.07, 6.45) is 4.28. The third kappa shape index (κ3) is 3.31. The van der Waals surface area contributed by atoms with Gasteiger partial charge in [-0.2, -0.15) is 0 Å². The Kier molecular flexibility index (Phi) is 5.15. The van der Waals surface area contributed by atoms with Gasteiger partial charge >= 0.3 is 0 Å². The fraction of sp³-hybridized carbons (Fsp3) is 0.786. The zero-order valence-electron chi connectivity index (χ0n) is 11.7. The van der Waals surface area contributed by atoms with Crippen LogP contribution >= 0.6 is 11.3 Å². The van der Waals surface area contributed by atoms with Crippen molar-refractivity contribution in [3.8, 4) is 0 Å². The maximum absolute atomic E-state index is 4.37. The standard InChI is InChI=1S/C14H25N3S/c1-4-15-13-5-8-17(12(3)11(13)2)9-6-14-16-7-10-18-14/h7,10-13,15H,4-6,8-9H2,1-3H3. The molecule has 0 radical (unpaired) electrons. The second kappa shape index (κ2) is 6.64. The van der Waals surface area contributed by atoms with Crippen LogP contribution in [0, 0.1) is 5.92 Å². The van der Waals surface area contributed by atoms with Crippen molar-refractivity contribution in [2.24, 2.45) is 5.92 Å². The van der Waals surface area contributed by atoms with Crippen molar-refractivity contribution in [3.05, 3.63) is 16.6 Å². The molecule has 0 saturated carbocycles. The number of nitrogens with zero attached hydrogens (tertiary/aromatic N) is 2. The van der Waals surface area contributed by atoms with Crippen LogP contribution in [-0.4, -0.2) is 41.6 Å². The molecule has 1 N–H and O–H groups in total. The van der Waals surface area contributed by atoms with Crippen molar-refractivity contribution >= 4 is 11.3 Å². The molecule has 0 bridgehead atoms. The third-order valence-electron chi connectivity index (χ3n) is 4.26. The van der Waals surface area contributed by atoms with Gasteiger partial charge in [-0.3, -0.25) is 4.90 Å². The Hall–Kier alpha value is -0.450. The second-order valence-corrected chi connectivity index (χ2v) is 6.24. The van der Waals surface area contributed by atoms with Gasteiger partial charge < -0.3 is 5.32 Å². The van der Waals surface area contributed by atoms with Gasteiger partial charge in [0.15, 0.2) is 0 Å². The first kappa shape index (κ1) is 14.0. The Balaban J connectivity index is 1.84. The van der Waals surface area contributed by atoms with E-state index in [4.69, 9.17) is 0 Å². The lowest BCUT2D eigenvalue weighted by Crippen LogP contribution is -2.53. The maximum Gasteiger partial charge on any atom is 0.0937 e. The first-order chi connectivity index (χ1) is 8.72. The molecular formula is C14H25N3S. The molecule has 3 atom stereocenters. The molecule has 0 aliphatic carbocycles. The molecule has 4 heteroatoms. The maximum atomic E-state index is 4.37. The van der Waals surface area contributed by atoms with E-state index in [0.717, 1.165) is 25.4 Å². The van der Waals surface area contributed by atoms with E-state index in [2.05, 4.69) is 41.4 Å². The number of likely N-dealkylation sites (tertiary alicyclic amines) is 1. The van der Waals surface area contributed by atoms with Gasteiger partial charge in [-0.15, -0.1) is 11.3 Å². The van der Waals surface area contributed by atoms with Crippen LogP contribution in [0.1, 0.15) is 32.2 Å². The van der Waals surface area contributed by atoms with E-state index in [9.17, 15) is 0 Å². The number of nitrogens with one attached hydrogen (secondary N) is 1. The molecule has 2 heterocycles. The molecule has 3 nitrogen and oxygen atoms in total. The second-order valence-electron chi connectivity index (χ2n) is 5.26. The average Bonchev–Trinajstić information content (AvgIpc) is 2.87. The molecule has 0 spiro atoms. The van der Waals surface area contributed by atoms with Crippen LogP contribution in [0.2, 0.25) is 0 Å². The SMILES string of the molecule is CCNC1CCN(CCc2nccs2)C(C)C1C. The largest absolute Gasteiger partial charge is 0.314 e. The first-order valence-corrected chi connectivity index (χ1v) is 7.96. The van der Waals surface area contributed by atoms with Crippen LogP contribution in [0.5, 0.6) is 0 Å². The normalized spacial score (nSPS) is 29.6. The highest BCUT2D eigenvalue weighted by Gasteiger charge is 2.31. The Morgan fingerprint density at radius 3 is 3.00 bits per heavy atom. The molecule has 18 heavy (non-hydrogen) atoms. The average molecular weight is 267 g/mol. The zero-order valence-corrected chi connectivity index (χ0v) is 12.5. The van der Waals surface area contributed by atoms with Crippen molar-refractivity contribution in [1.29, 1.82) is 0 Å². The lowest BCUT2D eigenvalue weighted by atomic mass is 9.87. The summed E-state index contributed by atoms with van der Waals surface area (Å²) in [6.45, 7) is 10.4. The lowest BCUT2D eigenvalue weighted by molar-refractivity contribution is 0.0867. The van der Waals surface area contributed by atoms with Gasteiger partial charge in [-0.05, 0) is 32.4 Å². The predicted molar refractivity (Wildman–Crippen MR) is 78.1 cm³/mol. The molecule has 1 fully saturated rings. The summed E-state index contributed by atoms with van der Waals surface area (Å²) in [5.41, 5.74) is 0. The smallest absolute Gasteiger partial charge is 0.0937 e. The van der Waals surface area contributed by atoms with Crippen molar-refractivity contribution in [2.75, 3.05) is 19.6 Å². The molecule has 2 rings (SSSR count). The molecule has 102 valence electrons. The monoisotopic (exact) mass is 267 g/mol. The number of aromatic nitrogens is 1. The Morgan fingerprint density at radius 2 is 2.33 bits per heavy atom. The van der Waals surface area contributed by atoms with Gasteiger partial charge in [-0.1, -0.05) is 13.8 Å². The van der Waals surface area contributed by atoms with Crippen molar-refractivity contribution < 1.29 is 0 Å². The highest BCUT2D eigenvalue weighted by atomic mass is 32.1. The molecule has 1 saturated heterocycles. The summed E-state index contributed by atoms with van der Waals surface area (Å²) in [4.78, 5) is 6.99. The Morgan fingerprint density at radius 1 is 1.50 bits per heavy atom. The molecule has 1 aromatic rings. The van der Waals surface area contributed by atoms with Crippen molar-refractivity contribution in [2.45, 2.75) is 45.7 Å². The highest BCUT2D eigenvalue weighted by Crippen LogP contribution is 2.23. The van der Waals surface area contributed by atoms with E-state index in [1.54, 1.807) is 11.3 Å². The molecule has 1 aliphatic heterocycles. The third-order valence-corrected chi connectivity index (χ3v) is 5.10. The van der Waals surface area contributed by atoms with E-state index in [1.807, 2.05) is 6.20 Å². The molecule has 1 aliphatic rings. The molecule has 3 unspecified atom stereocenters. The van der Waals surface area contributed by atoms with Gasteiger partial charge in [0.2, 0.25) is 0 Å². The van der Waals surface area contributed by atoms with Gasteiger partial charge in [-0.25, -0.2) is 4.98 Å². The van der Waals surface area contributed by atoms with Crippen molar-refractivity contribution in [1.82, 2.24) is 15.2 Å². The first-order valence-electron chi connectivity index (χ1n) is 7.08. The van der Waals surface area contributed by atoms with Gasteiger partial charge in [0.1, 0.15) is 0 Å². The molecular weight excluding hydrogens is 242 g/mol. The number of piperidine rings is 1. The highest BCUT2D eigenvalue weighted by molar-refractivity contribution is 7.09. The number of hydrogen-bond donors (Lipinski definition) is 1. The van der Waals surface area contributed by atoms with Crippen LogP contribution in [0.15, 0.2) is 11.6 Å². The summed E-state index contributed by atoms with van der Waals surface area (Å²) in [6, 6.07) is 1.36. The van der Waals surface area contributed by atoms with Gasteiger partial charge in [0.05, 0.1) is 5.01 Å². The summed E-state index contributed by atoms with van der Waals surface area (Å²) in [5, 5.41) is 6.95. The van der Waals surface area contributed by atoms with Crippen molar-refractivity contribution in [3.63, 3.8) is 0 Å². The van der Waals surface area contributed by atoms with Gasteiger partial charge in [0, 0.05) is 36.6 Å². The molecule has 0 aromatic carbocycles. The number of thiazole rings is 1.